The summed E-state index contributed by atoms with van der Waals surface area (Å²) in [6, 6.07) is 0. The normalized spacial score (nSPS) is 17.8. The number of rotatable bonds is 5. The van der Waals surface area contributed by atoms with Crippen LogP contribution in [0.25, 0.3) is 0 Å². The van der Waals surface area contributed by atoms with Gasteiger partial charge in [-0.2, -0.15) is 5.10 Å². The molecule has 0 aliphatic carbocycles. The predicted octanol–water partition coefficient (Wildman–Crippen LogP) is 1.34. The minimum atomic E-state index is 1.00. The standard InChI is InChI=1S/C13H24N4/c1-15(11-13-10-14-16(2)12-13)8-9-17-6-4-3-5-7-17/h10,12H,3-9,11H2,1-2H3. The van der Waals surface area contributed by atoms with Crippen LogP contribution in [0.15, 0.2) is 12.4 Å². The molecule has 0 atom stereocenters. The summed E-state index contributed by atoms with van der Waals surface area (Å²) in [5, 5.41) is 4.20. The highest BCUT2D eigenvalue weighted by Gasteiger charge is 2.10. The highest BCUT2D eigenvalue weighted by atomic mass is 15.2. The molecule has 2 heterocycles. The van der Waals surface area contributed by atoms with Gasteiger partial charge in [0.2, 0.25) is 0 Å². The van der Waals surface area contributed by atoms with Crippen LogP contribution < -0.4 is 0 Å². The fraction of sp³-hybridized carbons (Fsp3) is 0.769. The van der Waals surface area contributed by atoms with E-state index in [4.69, 9.17) is 0 Å². The van der Waals surface area contributed by atoms with Gasteiger partial charge in [0.25, 0.3) is 0 Å². The van der Waals surface area contributed by atoms with Gasteiger partial charge in [-0.3, -0.25) is 4.68 Å². The number of piperidine rings is 1. The van der Waals surface area contributed by atoms with Crippen LogP contribution in [-0.2, 0) is 13.6 Å². The molecule has 1 fully saturated rings. The van der Waals surface area contributed by atoms with Crippen LogP contribution in [0, 0.1) is 0 Å². The first-order valence-corrected chi connectivity index (χ1v) is 6.62. The van der Waals surface area contributed by atoms with Crippen molar-refractivity contribution in [2.45, 2.75) is 25.8 Å². The van der Waals surface area contributed by atoms with E-state index in [9.17, 15) is 0 Å². The van der Waals surface area contributed by atoms with Crippen molar-refractivity contribution in [1.29, 1.82) is 0 Å². The first-order valence-electron chi connectivity index (χ1n) is 6.62. The summed E-state index contributed by atoms with van der Waals surface area (Å²) in [6.07, 6.45) is 8.23. The molecule has 2 rings (SSSR count). The summed E-state index contributed by atoms with van der Waals surface area (Å²) in [5.74, 6) is 0. The van der Waals surface area contributed by atoms with Gasteiger partial charge in [0.05, 0.1) is 6.20 Å². The summed E-state index contributed by atoms with van der Waals surface area (Å²) in [6.45, 7) is 5.94. The van der Waals surface area contributed by atoms with Crippen molar-refractivity contribution in [3.8, 4) is 0 Å². The van der Waals surface area contributed by atoms with Gasteiger partial charge in [0.1, 0.15) is 0 Å². The lowest BCUT2D eigenvalue weighted by Crippen LogP contribution is -2.36. The molecule has 1 saturated heterocycles. The number of hydrogen-bond donors (Lipinski definition) is 0. The second kappa shape index (κ2) is 6.17. The molecule has 0 radical (unpaired) electrons. The maximum Gasteiger partial charge on any atom is 0.0534 e. The molecule has 1 aromatic heterocycles. The maximum atomic E-state index is 4.20. The van der Waals surface area contributed by atoms with Crippen LogP contribution in [0.3, 0.4) is 0 Å². The van der Waals surface area contributed by atoms with Crippen molar-refractivity contribution in [3.05, 3.63) is 18.0 Å². The number of likely N-dealkylation sites (N-methyl/N-ethyl adjacent to an activating group) is 1. The first kappa shape index (κ1) is 12.6. The van der Waals surface area contributed by atoms with Crippen molar-refractivity contribution in [2.24, 2.45) is 7.05 Å². The van der Waals surface area contributed by atoms with E-state index in [-0.39, 0.29) is 0 Å². The van der Waals surface area contributed by atoms with Crippen molar-refractivity contribution in [2.75, 3.05) is 33.2 Å². The van der Waals surface area contributed by atoms with E-state index < -0.39 is 0 Å². The van der Waals surface area contributed by atoms with Gasteiger partial charge >= 0.3 is 0 Å². The van der Waals surface area contributed by atoms with Gasteiger partial charge in [-0.25, -0.2) is 0 Å². The van der Waals surface area contributed by atoms with Crippen molar-refractivity contribution < 1.29 is 0 Å². The minimum Gasteiger partial charge on any atom is -0.302 e. The first-order chi connectivity index (χ1) is 8.24. The largest absolute Gasteiger partial charge is 0.302 e. The van der Waals surface area contributed by atoms with E-state index in [1.54, 1.807) is 0 Å². The van der Waals surface area contributed by atoms with Gasteiger partial charge in [-0.15, -0.1) is 0 Å². The fourth-order valence-electron chi connectivity index (χ4n) is 2.44. The second-order valence-electron chi connectivity index (χ2n) is 5.16. The quantitative estimate of drug-likeness (QED) is 0.771. The number of nitrogens with zero attached hydrogens (tertiary/aromatic N) is 4. The number of aromatic nitrogens is 2. The lowest BCUT2D eigenvalue weighted by atomic mass is 10.1. The molecule has 0 bridgehead atoms. The lowest BCUT2D eigenvalue weighted by Gasteiger charge is -2.28. The highest BCUT2D eigenvalue weighted by Crippen LogP contribution is 2.08. The smallest absolute Gasteiger partial charge is 0.0534 e. The topological polar surface area (TPSA) is 24.3 Å². The molecular formula is C13H24N4. The molecule has 17 heavy (non-hydrogen) atoms. The summed E-state index contributed by atoms with van der Waals surface area (Å²) >= 11 is 0. The second-order valence-corrected chi connectivity index (χ2v) is 5.16. The van der Waals surface area contributed by atoms with E-state index in [1.165, 1.54) is 44.5 Å². The van der Waals surface area contributed by atoms with Gasteiger partial charge < -0.3 is 9.80 Å². The maximum absolute atomic E-state index is 4.20. The molecular weight excluding hydrogens is 212 g/mol. The van der Waals surface area contributed by atoms with Gasteiger partial charge in [-0.05, 0) is 33.0 Å². The zero-order valence-corrected chi connectivity index (χ0v) is 11.1. The molecule has 0 amide bonds. The van der Waals surface area contributed by atoms with Crippen LogP contribution in [0.4, 0.5) is 0 Å². The molecule has 0 saturated carbocycles. The Labute approximate surface area is 104 Å². The summed E-state index contributed by atoms with van der Waals surface area (Å²) in [7, 11) is 4.16. The molecule has 0 aromatic carbocycles. The van der Waals surface area contributed by atoms with Crippen molar-refractivity contribution >= 4 is 0 Å². The number of hydrogen-bond acceptors (Lipinski definition) is 3. The lowest BCUT2D eigenvalue weighted by molar-refractivity contribution is 0.194. The molecule has 0 N–H and O–H groups in total. The Morgan fingerprint density at radius 1 is 1.29 bits per heavy atom. The summed E-state index contributed by atoms with van der Waals surface area (Å²) in [4.78, 5) is 4.97. The Bertz CT molecular complexity index is 328. The third kappa shape index (κ3) is 4.13. The fourth-order valence-corrected chi connectivity index (χ4v) is 2.44. The van der Waals surface area contributed by atoms with Crippen LogP contribution in [0.1, 0.15) is 24.8 Å². The van der Waals surface area contributed by atoms with Crippen molar-refractivity contribution in [1.82, 2.24) is 19.6 Å². The van der Waals surface area contributed by atoms with E-state index in [2.05, 4.69) is 28.1 Å². The molecule has 1 aliphatic rings. The van der Waals surface area contributed by atoms with Crippen LogP contribution in [0.2, 0.25) is 0 Å². The van der Waals surface area contributed by atoms with Gasteiger partial charge in [0.15, 0.2) is 0 Å². The predicted molar refractivity (Wildman–Crippen MR) is 69.8 cm³/mol. The SMILES string of the molecule is CN(CCN1CCCCC1)Cc1cnn(C)c1. The van der Waals surface area contributed by atoms with Crippen LogP contribution >= 0.6 is 0 Å². The third-order valence-electron chi connectivity index (χ3n) is 3.46. The monoisotopic (exact) mass is 236 g/mol. The van der Waals surface area contributed by atoms with Crippen LogP contribution in [0.5, 0.6) is 0 Å². The molecule has 4 heteroatoms. The van der Waals surface area contributed by atoms with Crippen LogP contribution in [-0.4, -0.2) is 52.8 Å². The number of aryl methyl sites for hydroxylation is 1. The summed E-state index contributed by atoms with van der Waals surface area (Å²) in [5.41, 5.74) is 1.30. The Morgan fingerprint density at radius 3 is 2.71 bits per heavy atom. The van der Waals surface area contributed by atoms with E-state index in [0.717, 1.165) is 13.1 Å². The Morgan fingerprint density at radius 2 is 2.06 bits per heavy atom. The Kier molecular flexibility index (Phi) is 4.57. The molecule has 4 nitrogen and oxygen atoms in total. The van der Waals surface area contributed by atoms with E-state index in [0.29, 0.717) is 0 Å². The molecule has 1 aliphatic heterocycles. The number of likely N-dealkylation sites (tertiary alicyclic amines) is 1. The minimum absolute atomic E-state index is 1.00. The average Bonchev–Trinajstić information content (AvgIpc) is 2.73. The zero-order valence-electron chi connectivity index (χ0n) is 11.1. The summed E-state index contributed by atoms with van der Waals surface area (Å²) < 4.78 is 1.87. The molecule has 96 valence electrons. The Hall–Kier alpha value is -0.870. The Balaban J connectivity index is 1.68. The highest BCUT2D eigenvalue weighted by molar-refractivity contribution is 5.02. The average molecular weight is 236 g/mol. The third-order valence-corrected chi connectivity index (χ3v) is 3.46. The van der Waals surface area contributed by atoms with Gasteiger partial charge in [0, 0.05) is 38.4 Å². The van der Waals surface area contributed by atoms with Crippen molar-refractivity contribution in [3.63, 3.8) is 0 Å². The molecule has 1 aromatic rings. The molecule has 0 spiro atoms. The van der Waals surface area contributed by atoms with E-state index >= 15 is 0 Å². The van der Waals surface area contributed by atoms with Gasteiger partial charge in [-0.1, -0.05) is 6.42 Å². The zero-order chi connectivity index (χ0) is 12.1. The van der Waals surface area contributed by atoms with E-state index in [1.807, 2.05) is 17.9 Å². The molecule has 0 unspecified atom stereocenters.